The Labute approximate surface area is 58.7 Å². The number of quaternary nitrogens is 1. The van der Waals surface area contributed by atoms with Gasteiger partial charge in [0.15, 0.2) is 0 Å². The summed E-state index contributed by atoms with van der Waals surface area (Å²) in [7, 11) is 0. The first-order chi connectivity index (χ1) is 4.77. The lowest BCUT2D eigenvalue weighted by molar-refractivity contribution is -1.05. The molecule has 0 aromatic carbocycles. The summed E-state index contributed by atoms with van der Waals surface area (Å²) in [5, 5.41) is 14.2. The van der Waals surface area contributed by atoms with E-state index in [4.69, 9.17) is 0 Å². The highest BCUT2D eigenvalue weighted by Crippen LogP contribution is 2.04. The average molecular weight is 146 g/mol. The summed E-state index contributed by atoms with van der Waals surface area (Å²) in [6, 6.07) is 0. The zero-order valence-electron chi connectivity index (χ0n) is 5.58. The van der Waals surface area contributed by atoms with E-state index in [1.54, 1.807) is 0 Å². The maximum atomic E-state index is 11.2. The van der Waals surface area contributed by atoms with Crippen LogP contribution < -0.4 is 5.32 Å². The van der Waals surface area contributed by atoms with Crippen molar-refractivity contribution in [1.29, 1.82) is 0 Å². The Hall–Kier alpha value is -0.650. The Morgan fingerprint density at radius 2 is 2.10 bits per heavy atom. The minimum atomic E-state index is -0.837. The summed E-state index contributed by atoms with van der Waals surface area (Å²) in [6.45, 7) is 2.03. The van der Waals surface area contributed by atoms with E-state index in [1.165, 1.54) is 0 Å². The van der Waals surface area contributed by atoms with E-state index < -0.39 is 4.81 Å². The molecule has 1 aliphatic heterocycles. The highest BCUT2D eigenvalue weighted by Gasteiger charge is 2.22. The van der Waals surface area contributed by atoms with E-state index in [-0.39, 0.29) is 6.47 Å². The van der Waals surface area contributed by atoms with E-state index in [0.29, 0.717) is 26.2 Å². The molecule has 58 valence electrons. The monoisotopic (exact) mass is 146 g/mol. The summed E-state index contributed by atoms with van der Waals surface area (Å²) in [5.41, 5.74) is 0. The summed E-state index contributed by atoms with van der Waals surface area (Å²) in [4.78, 5) is 13.3. The Bertz CT molecular complexity index is 122. The van der Waals surface area contributed by atoms with Crippen LogP contribution in [0.5, 0.6) is 0 Å². The molecule has 5 nitrogen and oxygen atoms in total. The van der Waals surface area contributed by atoms with Crippen LogP contribution in [0.2, 0.25) is 0 Å². The predicted molar refractivity (Wildman–Crippen MR) is 33.4 cm³/mol. The highest BCUT2D eigenvalue weighted by molar-refractivity contribution is 5.35. The van der Waals surface area contributed by atoms with Crippen LogP contribution in [0.3, 0.4) is 0 Å². The molecule has 0 aromatic rings. The Morgan fingerprint density at radius 3 is 2.60 bits per heavy atom. The number of rotatable bonds is 2. The minimum Gasteiger partial charge on any atom is -0.589 e. The van der Waals surface area contributed by atoms with Crippen molar-refractivity contribution >= 4 is 6.47 Å². The minimum absolute atomic E-state index is 0.207. The molecule has 1 heterocycles. The molecule has 1 fully saturated rings. The Morgan fingerprint density at radius 1 is 1.50 bits per heavy atom. The van der Waals surface area contributed by atoms with Gasteiger partial charge in [0.05, 0.1) is 0 Å². The molecule has 1 rings (SSSR count). The number of nitrogens with one attached hydrogen (secondary N) is 1. The predicted octanol–water partition coefficient (Wildman–Crippen LogP) is -1.01. The van der Waals surface area contributed by atoms with Crippen LogP contribution in [0.25, 0.3) is 0 Å². The maximum Gasteiger partial charge on any atom is 0.355 e. The SMILES string of the molecule is O=CO[N+]1([O-])CCNCC1. The van der Waals surface area contributed by atoms with Gasteiger partial charge in [-0.3, -0.25) is 4.84 Å². The van der Waals surface area contributed by atoms with Gasteiger partial charge in [0.25, 0.3) is 0 Å². The van der Waals surface area contributed by atoms with Gasteiger partial charge in [0.1, 0.15) is 13.1 Å². The molecule has 0 radical (unpaired) electrons. The lowest BCUT2D eigenvalue weighted by atomic mass is 10.4. The van der Waals surface area contributed by atoms with Crippen LogP contribution in [-0.4, -0.2) is 37.5 Å². The quantitative estimate of drug-likeness (QED) is 0.308. The third-order valence-electron chi connectivity index (χ3n) is 1.49. The topological polar surface area (TPSA) is 61.4 Å². The lowest BCUT2D eigenvalue weighted by Crippen LogP contribution is -2.54. The van der Waals surface area contributed by atoms with Gasteiger partial charge in [0, 0.05) is 13.1 Å². The lowest BCUT2D eigenvalue weighted by Gasteiger charge is -2.39. The molecular formula is C5H10N2O3. The normalized spacial score (nSPS) is 23.7. The van der Waals surface area contributed by atoms with Gasteiger partial charge >= 0.3 is 6.47 Å². The van der Waals surface area contributed by atoms with Gasteiger partial charge in [-0.25, -0.2) is 4.79 Å². The highest BCUT2D eigenvalue weighted by atomic mass is 16.9. The molecule has 1 N–H and O–H groups in total. The molecule has 0 saturated carbocycles. The molecule has 1 saturated heterocycles. The zero-order valence-corrected chi connectivity index (χ0v) is 5.58. The van der Waals surface area contributed by atoms with Crippen molar-refractivity contribution in [3.63, 3.8) is 0 Å². The number of hydrogen-bond acceptors (Lipinski definition) is 4. The standard InChI is InChI=1S/C5H10N2O3/c8-5-10-7(9)3-1-6-2-4-7/h5-6H,1-4H2. The molecule has 1 aliphatic rings. The number of carbonyl (C=O) groups is 1. The average Bonchev–Trinajstić information content (AvgIpc) is 1.89. The van der Waals surface area contributed by atoms with Gasteiger partial charge in [-0.1, -0.05) is 0 Å². The number of carbonyl (C=O) groups excluding carboxylic acids is 1. The maximum absolute atomic E-state index is 11.2. The van der Waals surface area contributed by atoms with Gasteiger partial charge in [-0.15, -0.1) is 0 Å². The number of hydroxylamine groups is 4. The molecule has 0 aromatic heterocycles. The van der Waals surface area contributed by atoms with E-state index in [2.05, 4.69) is 10.2 Å². The fraction of sp³-hybridized carbons (Fsp3) is 0.800. The summed E-state index contributed by atoms with van der Waals surface area (Å²) in [6.07, 6.45) is 0. The smallest absolute Gasteiger partial charge is 0.355 e. The van der Waals surface area contributed by atoms with Crippen LogP contribution in [0.15, 0.2) is 0 Å². The molecule has 5 heteroatoms. The van der Waals surface area contributed by atoms with E-state index in [0.717, 1.165) is 0 Å². The van der Waals surface area contributed by atoms with Crippen LogP contribution in [0.4, 0.5) is 0 Å². The van der Waals surface area contributed by atoms with Crippen molar-refractivity contribution in [3.05, 3.63) is 5.21 Å². The van der Waals surface area contributed by atoms with Crippen molar-refractivity contribution in [3.8, 4) is 0 Å². The first-order valence-corrected chi connectivity index (χ1v) is 3.18. The summed E-state index contributed by atoms with van der Waals surface area (Å²) in [5.74, 6) is 0. The first kappa shape index (κ1) is 7.46. The zero-order chi connectivity index (χ0) is 7.45. The van der Waals surface area contributed by atoms with Crippen molar-refractivity contribution in [2.24, 2.45) is 0 Å². The van der Waals surface area contributed by atoms with Crippen molar-refractivity contribution in [2.75, 3.05) is 26.2 Å². The molecular weight excluding hydrogens is 136 g/mol. The number of piperazine rings is 1. The third kappa shape index (κ3) is 1.66. The summed E-state index contributed by atoms with van der Waals surface area (Å²) < 4.78 is 0. The molecule has 10 heavy (non-hydrogen) atoms. The van der Waals surface area contributed by atoms with Crippen molar-refractivity contribution < 1.29 is 14.4 Å². The number of hydrogen-bond donors (Lipinski definition) is 1. The molecule has 0 atom stereocenters. The van der Waals surface area contributed by atoms with Crippen molar-refractivity contribution in [1.82, 2.24) is 5.32 Å². The second-order valence-electron chi connectivity index (χ2n) is 2.21. The summed E-state index contributed by atoms with van der Waals surface area (Å²) >= 11 is 0. The van der Waals surface area contributed by atoms with E-state index in [9.17, 15) is 10.0 Å². The van der Waals surface area contributed by atoms with E-state index >= 15 is 0 Å². The molecule has 0 amide bonds. The third-order valence-corrected chi connectivity index (χ3v) is 1.49. The molecule has 0 bridgehead atoms. The van der Waals surface area contributed by atoms with Crippen LogP contribution in [0, 0.1) is 5.21 Å². The van der Waals surface area contributed by atoms with Gasteiger partial charge < -0.3 is 10.5 Å². The van der Waals surface area contributed by atoms with Crippen LogP contribution >= 0.6 is 0 Å². The van der Waals surface area contributed by atoms with E-state index in [1.807, 2.05) is 0 Å². The Kier molecular flexibility index (Phi) is 2.21. The largest absolute Gasteiger partial charge is 0.589 e. The first-order valence-electron chi connectivity index (χ1n) is 3.18. The fourth-order valence-electron chi connectivity index (χ4n) is 0.919. The molecule has 0 unspecified atom stereocenters. The van der Waals surface area contributed by atoms with Crippen molar-refractivity contribution in [2.45, 2.75) is 0 Å². The van der Waals surface area contributed by atoms with Gasteiger partial charge in [0.2, 0.25) is 0 Å². The number of nitrogens with zero attached hydrogens (tertiary/aromatic N) is 1. The second-order valence-corrected chi connectivity index (χ2v) is 2.21. The fourth-order valence-corrected chi connectivity index (χ4v) is 0.919. The molecule has 0 spiro atoms. The Balaban J connectivity index is 2.39. The second kappa shape index (κ2) is 2.96. The van der Waals surface area contributed by atoms with Gasteiger partial charge in [-0.2, -0.15) is 4.81 Å². The van der Waals surface area contributed by atoms with Crippen LogP contribution in [0.1, 0.15) is 0 Å². The molecule has 0 aliphatic carbocycles. The van der Waals surface area contributed by atoms with Crippen LogP contribution in [-0.2, 0) is 9.63 Å². The van der Waals surface area contributed by atoms with Gasteiger partial charge in [-0.05, 0) is 0 Å².